The summed E-state index contributed by atoms with van der Waals surface area (Å²) in [6, 6.07) is 3.46. The van der Waals surface area contributed by atoms with Crippen molar-refractivity contribution in [2.45, 2.75) is 18.8 Å². The third kappa shape index (κ3) is 4.10. The maximum Gasteiger partial charge on any atom is 0.159 e. The van der Waals surface area contributed by atoms with Crippen LogP contribution < -0.4 is 0 Å². The molecule has 23 heavy (non-hydrogen) atoms. The second-order valence-corrected chi connectivity index (χ2v) is 5.56. The third-order valence-corrected chi connectivity index (χ3v) is 3.84. The Morgan fingerprint density at radius 3 is 2.96 bits per heavy atom. The molecule has 2 heterocycles. The molecular weight excluding hydrogens is 306 g/mol. The van der Waals surface area contributed by atoms with E-state index in [9.17, 15) is 13.9 Å². The highest BCUT2D eigenvalue weighted by atomic mass is 19.2. The van der Waals surface area contributed by atoms with Crippen LogP contribution in [0.25, 0.3) is 0 Å². The Morgan fingerprint density at radius 2 is 2.22 bits per heavy atom. The molecule has 1 N–H and O–H groups in total. The van der Waals surface area contributed by atoms with Crippen LogP contribution in [0.3, 0.4) is 0 Å². The third-order valence-electron chi connectivity index (χ3n) is 3.84. The van der Waals surface area contributed by atoms with Gasteiger partial charge in [0, 0.05) is 19.6 Å². The molecule has 124 valence electrons. The Bertz CT molecular complexity index is 638. The van der Waals surface area contributed by atoms with Gasteiger partial charge in [-0.1, -0.05) is 6.07 Å². The fourth-order valence-electron chi connectivity index (χ4n) is 2.66. The van der Waals surface area contributed by atoms with E-state index in [4.69, 9.17) is 4.74 Å². The normalized spacial score (nSPS) is 20.6. The number of nitrogens with zero attached hydrogens (tertiary/aromatic N) is 4. The summed E-state index contributed by atoms with van der Waals surface area (Å²) in [7, 11) is 0. The highest BCUT2D eigenvalue weighted by Gasteiger charge is 2.23. The van der Waals surface area contributed by atoms with Gasteiger partial charge in [0.2, 0.25) is 0 Å². The molecule has 6 nitrogen and oxygen atoms in total. The van der Waals surface area contributed by atoms with Crippen molar-refractivity contribution in [2.75, 3.05) is 26.2 Å². The Labute approximate surface area is 132 Å². The first-order valence-corrected chi connectivity index (χ1v) is 7.41. The first-order chi connectivity index (χ1) is 11.1. The molecule has 8 heteroatoms. The molecule has 1 saturated heterocycles. The molecule has 1 aliphatic rings. The summed E-state index contributed by atoms with van der Waals surface area (Å²) in [5, 5.41) is 14.3. The highest BCUT2D eigenvalue weighted by Crippen LogP contribution is 2.19. The van der Waals surface area contributed by atoms with Crippen molar-refractivity contribution in [3.8, 4) is 0 Å². The molecular formula is C15H18F2N4O2. The number of aromatic nitrogens is 3. The minimum Gasteiger partial charge on any atom is -0.387 e. The second kappa shape index (κ2) is 7.12. The lowest BCUT2D eigenvalue weighted by atomic mass is 10.1. The number of rotatable bonds is 5. The monoisotopic (exact) mass is 324 g/mol. The fourth-order valence-corrected chi connectivity index (χ4v) is 2.66. The summed E-state index contributed by atoms with van der Waals surface area (Å²) in [6.07, 6.45) is 2.16. The lowest BCUT2D eigenvalue weighted by Gasteiger charge is -2.34. The number of β-amino-alcohol motifs (C(OH)–C–C–N with tert-alkyl or cyclic N) is 1. The maximum atomic E-state index is 13.3. The SMILES string of the molecule is O[C@@H](CN1CCO[C@H](Cn2cncn2)C1)c1ccc(F)c(F)c1. The molecule has 0 bridgehead atoms. The Balaban J connectivity index is 1.57. The van der Waals surface area contributed by atoms with Crippen LogP contribution in [-0.4, -0.2) is 57.1 Å². The summed E-state index contributed by atoms with van der Waals surface area (Å²) in [4.78, 5) is 5.93. The predicted molar refractivity (Wildman–Crippen MR) is 77.5 cm³/mol. The molecule has 0 unspecified atom stereocenters. The number of halogens is 2. The van der Waals surface area contributed by atoms with E-state index in [0.29, 0.717) is 38.3 Å². The molecule has 2 aromatic rings. The molecule has 1 aromatic carbocycles. The smallest absolute Gasteiger partial charge is 0.159 e. The molecule has 0 amide bonds. The molecule has 0 saturated carbocycles. The summed E-state index contributed by atoms with van der Waals surface area (Å²) < 4.78 is 33.6. The van der Waals surface area contributed by atoms with Crippen molar-refractivity contribution in [1.82, 2.24) is 19.7 Å². The van der Waals surface area contributed by atoms with E-state index in [-0.39, 0.29) is 6.10 Å². The predicted octanol–water partition coefficient (Wildman–Crippen LogP) is 0.991. The van der Waals surface area contributed by atoms with Crippen LogP contribution in [0, 0.1) is 11.6 Å². The van der Waals surface area contributed by atoms with E-state index in [0.717, 1.165) is 12.1 Å². The summed E-state index contributed by atoms with van der Waals surface area (Å²) in [5.74, 6) is -1.87. The average molecular weight is 324 g/mol. The first-order valence-electron chi connectivity index (χ1n) is 7.41. The molecule has 2 atom stereocenters. The van der Waals surface area contributed by atoms with Crippen molar-refractivity contribution >= 4 is 0 Å². The van der Waals surface area contributed by atoms with Crippen molar-refractivity contribution in [3.05, 3.63) is 48.1 Å². The molecule has 3 rings (SSSR count). The van der Waals surface area contributed by atoms with E-state index in [1.165, 1.54) is 12.4 Å². The van der Waals surface area contributed by atoms with E-state index in [1.54, 1.807) is 11.0 Å². The number of hydrogen-bond acceptors (Lipinski definition) is 5. The lowest BCUT2D eigenvalue weighted by Crippen LogP contribution is -2.45. The highest BCUT2D eigenvalue weighted by molar-refractivity contribution is 5.20. The zero-order valence-electron chi connectivity index (χ0n) is 12.5. The molecule has 0 radical (unpaired) electrons. The summed E-state index contributed by atoms with van der Waals surface area (Å²) in [6.45, 7) is 2.76. The quantitative estimate of drug-likeness (QED) is 0.889. The van der Waals surface area contributed by atoms with E-state index in [2.05, 4.69) is 10.1 Å². The number of aliphatic hydroxyl groups is 1. The second-order valence-electron chi connectivity index (χ2n) is 5.56. The van der Waals surface area contributed by atoms with Gasteiger partial charge in [-0.15, -0.1) is 0 Å². The van der Waals surface area contributed by atoms with Gasteiger partial charge in [0.25, 0.3) is 0 Å². The first kappa shape index (κ1) is 16.0. The van der Waals surface area contributed by atoms with Gasteiger partial charge >= 0.3 is 0 Å². The molecule has 1 fully saturated rings. The molecule has 0 spiro atoms. The largest absolute Gasteiger partial charge is 0.387 e. The zero-order valence-corrected chi connectivity index (χ0v) is 12.5. The van der Waals surface area contributed by atoms with Crippen LogP contribution in [0.15, 0.2) is 30.9 Å². The Kier molecular flexibility index (Phi) is 4.94. The van der Waals surface area contributed by atoms with Crippen LogP contribution in [0.2, 0.25) is 0 Å². The van der Waals surface area contributed by atoms with Crippen LogP contribution >= 0.6 is 0 Å². The van der Waals surface area contributed by atoms with Crippen LogP contribution in [0.5, 0.6) is 0 Å². The summed E-state index contributed by atoms with van der Waals surface area (Å²) >= 11 is 0. The minimum absolute atomic E-state index is 0.0531. The molecule has 0 aliphatic carbocycles. The van der Waals surface area contributed by atoms with Crippen molar-refractivity contribution < 1.29 is 18.6 Å². The molecule has 1 aliphatic heterocycles. The number of ether oxygens (including phenoxy) is 1. The maximum absolute atomic E-state index is 13.3. The summed E-state index contributed by atoms with van der Waals surface area (Å²) in [5.41, 5.74) is 0.364. The standard InChI is InChI=1S/C15H18F2N4O2/c16-13-2-1-11(5-14(13)17)15(22)8-20-3-4-23-12(6-20)7-21-10-18-9-19-21/h1-2,5,9-10,12,15,22H,3-4,6-8H2/t12-,15-/m0/s1. The van der Waals surface area contributed by atoms with E-state index in [1.807, 2.05) is 4.90 Å². The van der Waals surface area contributed by atoms with Gasteiger partial charge in [-0.2, -0.15) is 5.10 Å². The van der Waals surface area contributed by atoms with Gasteiger partial charge in [0.05, 0.1) is 25.4 Å². The van der Waals surface area contributed by atoms with Gasteiger partial charge in [0.1, 0.15) is 12.7 Å². The molecule has 1 aromatic heterocycles. The number of benzene rings is 1. The topological polar surface area (TPSA) is 63.4 Å². The van der Waals surface area contributed by atoms with Crippen LogP contribution in [0.1, 0.15) is 11.7 Å². The zero-order chi connectivity index (χ0) is 16.2. The minimum atomic E-state index is -0.951. The van der Waals surface area contributed by atoms with Gasteiger partial charge in [-0.25, -0.2) is 13.8 Å². The fraction of sp³-hybridized carbons (Fsp3) is 0.467. The number of aliphatic hydroxyl groups excluding tert-OH is 1. The average Bonchev–Trinajstić information content (AvgIpc) is 3.03. The van der Waals surface area contributed by atoms with Gasteiger partial charge in [0.15, 0.2) is 11.6 Å². The van der Waals surface area contributed by atoms with Crippen LogP contribution in [0.4, 0.5) is 8.78 Å². The van der Waals surface area contributed by atoms with Gasteiger partial charge in [-0.3, -0.25) is 9.58 Å². The van der Waals surface area contributed by atoms with Crippen molar-refractivity contribution in [3.63, 3.8) is 0 Å². The van der Waals surface area contributed by atoms with Crippen LogP contribution in [-0.2, 0) is 11.3 Å². The number of morpholine rings is 1. The Morgan fingerprint density at radius 1 is 1.35 bits per heavy atom. The van der Waals surface area contributed by atoms with Gasteiger partial charge < -0.3 is 9.84 Å². The van der Waals surface area contributed by atoms with Crippen molar-refractivity contribution in [2.24, 2.45) is 0 Å². The lowest BCUT2D eigenvalue weighted by molar-refractivity contribution is -0.0487. The van der Waals surface area contributed by atoms with E-state index >= 15 is 0 Å². The van der Waals surface area contributed by atoms with Crippen molar-refractivity contribution in [1.29, 1.82) is 0 Å². The van der Waals surface area contributed by atoms with Gasteiger partial charge in [-0.05, 0) is 17.7 Å². The Hall–Kier alpha value is -1.90. The number of hydrogen-bond donors (Lipinski definition) is 1. The van der Waals surface area contributed by atoms with E-state index < -0.39 is 17.7 Å².